The highest BCUT2D eigenvalue weighted by Crippen LogP contribution is 2.30. The molecule has 72 valence electrons. The molecule has 0 saturated carbocycles. The summed E-state index contributed by atoms with van der Waals surface area (Å²) in [6.45, 7) is 5.27. The Kier molecular flexibility index (Phi) is 7.53. The molecule has 0 spiro atoms. The molecule has 0 bridgehead atoms. The van der Waals surface area contributed by atoms with Crippen molar-refractivity contribution < 1.29 is 9.90 Å². The van der Waals surface area contributed by atoms with E-state index in [9.17, 15) is 4.79 Å². The number of aliphatic imine (C=N–C) groups is 1. The molecule has 0 aliphatic rings. The van der Waals surface area contributed by atoms with Crippen LogP contribution in [0, 0.1) is 0 Å². The minimum absolute atomic E-state index is 0.0629. The number of carboxylic acid groups (broad SMARTS) is 1. The van der Waals surface area contributed by atoms with E-state index in [2.05, 4.69) is 11.7 Å². The fraction of sp³-hybridized carbons (Fsp3) is 0.250. The maximum atomic E-state index is 10.2. The predicted molar refractivity (Wildman–Crippen MR) is 60.1 cm³/mol. The van der Waals surface area contributed by atoms with Crippen LogP contribution >= 0.6 is 21.6 Å². The summed E-state index contributed by atoms with van der Waals surface area (Å²) in [4.78, 5) is 13.9. The molecule has 0 fully saturated rings. The molecule has 0 aromatic rings. The van der Waals surface area contributed by atoms with E-state index < -0.39 is 5.97 Å². The lowest BCUT2D eigenvalue weighted by atomic mass is 10.5. The Bertz CT molecular complexity index is 236. The van der Waals surface area contributed by atoms with E-state index in [0.29, 0.717) is 5.03 Å². The van der Waals surface area contributed by atoms with E-state index >= 15 is 0 Å². The lowest BCUT2D eigenvalue weighted by Crippen LogP contribution is -1.95. The predicted octanol–water partition coefficient (Wildman–Crippen LogP) is 2.57. The Balaban J connectivity index is 3.85. The van der Waals surface area contributed by atoms with E-state index in [4.69, 9.17) is 5.11 Å². The maximum Gasteiger partial charge on any atom is 0.314 e. The second kappa shape index (κ2) is 7.94. The van der Waals surface area contributed by atoms with Crippen LogP contribution in [0.2, 0.25) is 0 Å². The van der Waals surface area contributed by atoms with Crippen LogP contribution in [0.5, 0.6) is 0 Å². The fourth-order valence-corrected chi connectivity index (χ4v) is 2.06. The van der Waals surface area contributed by atoms with Crippen molar-refractivity contribution in [3.05, 3.63) is 23.3 Å². The average molecular weight is 217 g/mol. The zero-order valence-electron chi connectivity index (χ0n) is 7.27. The molecule has 3 nitrogen and oxygen atoms in total. The molecule has 0 heterocycles. The first-order valence-electron chi connectivity index (χ1n) is 3.51. The highest BCUT2D eigenvalue weighted by Gasteiger charge is 1.99. The first-order chi connectivity index (χ1) is 6.20. The van der Waals surface area contributed by atoms with Crippen LogP contribution in [0.4, 0.5) is 0 Å². The number of carbonyl (C=O) groups is 1. The topological polar surface area (TPSA) is 49.7 Å². The third kappa shape index (κ3) is 7.67. The number of aliphatic carboxylic acids is 1. The molecule has 13 heavy (non-hydrogen) atoms. The van der Waals surface area contributed by atoms with Crippen LogP contribution in [-0.4, -0.2) is 23.5 Å². The zero-order valence-corrected chi connectivity index (χ0v) is 8.90. The molecule has 0 rings (SSSR count). The summed E-state index contributed by atoms with van der Waals surface area (Å²) < 4.78 is 0. The van der Waals surface area contributed by atoms with Gasteiger partial charge in [0.15, 0.2) is 0 Å². The molecular weight excluding hydrogens is 206 g/mol. The molecule has 0 amide bonds. The maximum absolute atomic E-state index is 10.2. The van der Waals surface area contributed by atoms with Crippen LogP contribution < -0.4 is 0 Å². The van der Waals surface area contributed by atoms with Crippen molar-refractivity contribution in [3.63, 3.8) is 0 Å². The average Bonchev–Trinajstić information content (AvgIpc) is 2.10. The number of allylic oxidation sites excluding steroid dienone is 3. The Labute approximate surface area is 85.4 Å². The van der Waals surface area contributed by atoms with Crippen LogP contribution in [-0.2, 0) is 4.79 Å². The third-order valence-electron chi connectivity index (χ3n) is 0.914. The van der Waals surface area contributed by atoms with Gasteiger partial charge < -0.3 is 5.11 Å². The molecule has 5 heteroatoms. The number of nitrogens with zero attached hydrogens (tertiary/aromatic N) is 1. The monoisotopic (exact) mass is 217 g/mol. The van der Waals surface area contributed by atoms with Gasteiger partial charge in [-0.3, -0.25) is 9.79 Å². The van der Waals surface area contributed by atoms with E-state index in [1.165, 1.54) is 21.6 Å². The van der Waals surface area contributed by atoms with Crippen LogP contribution in [0.25, 0.3) is 0 Å². The number of rotatable bonds is 6. The van der Waals surface area contributed by atoms with Crippen molar-refractivity contribution in [2.45, 2.75) is 6.92 Å². The Morgan fingerprint density at radius 1 is 1.69 bits per heavy atom. The normalized spacial score (nSPS) is 11.9. The largest absolute Gasteiger partial charge is 0.481 e. The first-order valence-corrected chi connectivity index (χ1v) is 5.83. The summed E-state index contributed by atoms with van der Waals surface area (Å²) in [5, 5.41) is 9.07. The van der Waals surface area contributed by atoms with Crippen molar-refractivity contribution >= 4 is 34.3 Å². The van der Waals surface area contributed by atoms with Gasteiger partial charge in [0, 0.05) is 0 Å². The highest BCUT2D eigenvalue weighted by atomic mass is 33.1. The Hall–Kier alpha value is -0.680. The van der Waals surface area contributed by atoms with Crippen LogP contribution in [0.1, 0.15) is 6.92 Å². The summed E-state index contributed by atoms with van der Waals surface area (Å²) in [5.74, 6) is -0.764. The van der Waals surface area contributed by atoms with Crippen LogP contribution in [0.15, 0.2) is 28.2 Å². The van der Waals surface area contributed by atoms with E-state index in [1.807, 2.05) is 19.1 Å². The molecule has 1 N–H and O–H groups in total. The third-order valence-corrected chi connectivity index (χ3v) is 3.05. The molecule has 0 aliphatic heterocycles. The first kappa shape index (κ1) is 12.3. The molecular formula is C8H11NO2S2. The minimum atomic E-state index is -0.827. The summed E-state index contributed by atoms with van der Waals surface area (Å²) >= 11 is 0. The molecule has 0 radical (unpaired) electrons. The van der Waals surface area contributed by atoms with Crippen LogP contribution in [0.3, 0.4) is 0 Å². The van der Waals surface area contributed by atoms with Crippen molar-refractivity contribution in [1.82, 2.24) is 0 Å². The van der Waals surface area contributed by atoms with Gasteiger partial charge in [-0.15, -0.1) is 0 Å². The fourth-order valence-electron chi connectivity index (χ4n) is 0.426. The van der Waals surface area contributed by atoms with E-state index in [1.54, 1.807) is 6.08 Å². The number of hydrogen-bond acceptors (Lipinski definition) is 4. The van der Waals surface area contributed by atoms with Crippen molar-refractivity contribution in [1.29, 1.82) is 0 Å². The van der Waals surface area contributed by atoms with Crippen molar-refractivity contribution in [2.24, 2.45) is 4.99 Å². The molecule has 0 saturated heterocycles. The molecule has 0 unspecified atom stereocenters. The second-order valence-electron chi connectivity index (χ2n) is 1.93. The lowest BCUT2D eigenvalue weighted by molar-refractivity contribution is -0.133. The summed E-state index contributed by atoms with van der Waals surface area (Å²) in [7, 11) is 2.53. The van der Waals surface area contributed by atoms with Crippen molar-refractivity contribution in [2.75, 3.05) is 5.75 Å². The zero-order chi connectivity index (χ0) is 10.1. The molecule has 0 aromatic heterocycles. The van der Waals surface area contributed by atoms with Gasteiger partial charge in [-0.2, -0.15) is 0 Å². The van der Waals surface area contributed by atoms with E-state index in [-0.39, 0.29) is 5.75 Å². The van der Waals surface area contributed by atoms with E-state index in [0.717, 1.165) is 0 Å². The molecule has 0 aliphatic carbocycles. The van der Waals surface area contributed by atoms with Gasteiger partial charge in [0.1, 0.15) is 10.8 Å². The SMILES string of the molecule is C=N/C(=C\C=C/C)SSCC(=O)O. The summed E-state index contributed by atoms with van der Waals surface area (Å²) in [6.07, 6.45) is 5.48. The number of carboxylic acids is 1. The summed E-state index contributed by atoms with van der Waals surface area (Å²) in [6, 6.07) is 0. The molecule has 0 atom stereocenters. The minimum Gasteiger partial charge on any atom is -0.481 e. The second-order valence-corrected chi connectivity index (χ2v) is 4.24. The standard InChI is InChI=1S/C8H11NO2S2/c1-3-4-5-7(9-2)13-12-6-8(10)11/h3-5H,2,6H2,1H3,(H,10,11)/b4-3-,7-5+. The number of hydrogen-bond donors (Lipinski definition) is 1. The van der Waals surface area contributed by atoms with Gasteiger partial charge in [0.25, 0.3) is 0 Å². The van der Waals surface area contributed by atoms with Gasteiger partial charge >= 0.3 is 5.97 Å². The summed E-state index contributed by atoms with van der Waals surface area (Å²) in [5.41, 5.74) is 0. The van der Waals surface area contributed by atoms with Gasteiger partial charge in [0.05, 0.1) is 0 Å². The Morgan fingerprint density at radius 2 is 2.38 bits per heavy atom. The van der Waals surface area contributed by atoms with Gasteiger partial charge in [0.2, 0.25) is 0 Å². The molecule has 0 aromatic carbocycles. The highest BCUT2D eigenvalue weighted by molar-refractivity contribution is 8.78. The Morgan fingerprint density at radius 3 is 2.85 bits per heavy atom. The van der Waals surface area contributed by atoms with Gasteiger partial charge in [-0.05, 0) is 30.5 Å². The smallest absolute Gasteiger partial charge is 0.314 e. The van der Waals surface area contributed by atoms with Gasteiger partial charge in [-0.25, -0.2) is 0 Å². The van der Waals surface area contributed by atoms with Crippen molar-refractivity contribution in [3.8, 4) is 0 Å². The van der Waals surface area contributed by atoms with Gasteiger partial charge in [-0.1, -0.05) is 22.9 Å². The lowest BCUT2D eigenvalue weighted by Gasteiger charge is -1.96. The quantitative estimate of drug-likeness (QED) is 0.422.